The first-order chi connectivity index (χ1) is 6.26. The standard InChI is InChI=1S/C7H11ClN4S/c1-3-4-9-6-10-5(8)11-7(12-6)13-2/h3-4H2,1-2H3,(H,9,10,11,12). The van der Waals surface area contributed by atoms with Gasteiger partial charge in [-0.2, -0.15) is 15.0 Å². The number of rotatable bonds is 4. The minimum Gasteiger partial charge on any atom is -0.354 e. The van der Waals surface area contributed by atoms with Crippen LogP contribution in [0, 0.1) is 0 Å². The Morgan fingerprint density at radius 2 is 2.15 bits per heavy atom. The molecule has 0 spiro atoms. The zero-order valence-electron chi connectivity index (χ0n) is 7.54. The van der Waals surface area contributed by atoms with Crippen LogP contribution >= 0.6 is 23.4 Å². The third-order valence-electron chi connectivity index (χ3n) is 1.30. The van der Waals surface area contributed by atoms with E-state index in [1.54, 1.807) is 0 Å². The summed E-state index contributed by atoms with van der Waals surface area (Å²) in [5.74, 6) is 0.547. The zero-order chi connectivity index (χ0) is 9.68. The number of thioether (sulfide) groups is 1. The maximum absolute atomic E-state index is 5.69. The number of hydrogen-bond donors (Lipinski definition) is 1. The van der Waals surface area contributed by atoms with Crippen molar-refractivity contribution in [3.05, 3.63) is 5.28 Å². The van der Waals surface area contributed by atoms with E-state index in [1.165, 1.54) is 11.8 Å². The summed E-state index contributed by atoms with van der Waals surface area (Å²) in [6.45, 7) is 2.92. The molecule has 0 bridgehead atoms. The molecule has 0 radical (unpaired) electrons. The van der Waals surface area contributed by atoms with Gasteiger partial charge in [0, 0.05) is 6.54 Å². The molecule has 0 aromatic carbocycles. The van der Waals surface area contributed by atoms with Crippen LogP contribution in [0.3, 0.4) is 0 Å². The molecule has 0 aliphatic carbocycles. The molecule has 0 saturated heterocycles. The maximum atomic E-state index is 5.69. The molecule has 0 amide bonds. The van der Waals surface area contributed by atoms with Crippen molar-refractivity contribution in [1.82, 2.24) is 15.0 Å². The second kappa shape index (κ2) is 5.24. The van der Waals surface area contributed by atoms with Crippen molar-refractivity contribution in [3.8, 4) is 0 Å². The Balaban J connectivity index is 2.76. The molecule has 1 aromatic rings. The Hall–Kier alpha value is -0.550. The van der Waals surface area contributed by atoms with Gasteiger partial charge in [-0.3, -0.25) is 0 Å². The number of nitrogens with zero attached hydrogens (tertiary/aromatic N) is 3. The third kappa shape index (κ3) is 3.36. The molecule has 13 heavy (non-hydrogen) atoms. The van der Waals surface area contributed by atoms with Gasteiger partial charge in [0.05, 0.1) is 0 Å². The van der Waals surface area contributed by atoms with Gasteiger partial charge in [-0.15, -0.1) is 0 Å². The summed E-state index contributed by atoms with van der Waals surface area (Å²) in [4.78, 5) is 12.0. The first kappa shape index (κ1) is 10.5. The molecule has 1 heterocycles. The van der Waals surface area contributed by atoms with E-state index in [4.69, 9.17) is 11.6 Å². The van der Waals surface area contributed by atoms with Crippen LogP contribution in [0.4, 0.5) is 5.95 Å². The number of aromatic nitrogens is 3. The van der Waals surface area contributed by atoms with E-state index >= 15 is 0 Å². The van der Waals surface area contributed by atoms with Crippen LogP contribution in [0.15, 0.2) is 5.16 Å². The first-order valence-corrected chi connectivity index (χ1v) is 5.56. The van der Waals surface area contributed by atoms with Crippen LogP contribution in [-0.4, -0.2) is 27.8 Å². The summed E-state index contributed by atoms with van der Waals surface area (Å²) < 4.78 is 0. The second-order valence-corrected chi connectivity index (χ2v) is 3.45. The highest BCUT2D eigenvalue weighted by Gasteiger charge is 2.02. The summed E-state index contributed by atoms with van der Waals surface area (Å²) in [5.41, 5.74) is 0. The van der Waals surface area contributed by atoms with Crippen LogP contribution in [0.5, 0.6) is 0 Å². The SMILES string of the molecule is CCCNc1nc(Cl)nc(SC)n1. The van der Waals surface area contributed by atoms with E-state index in [9.17, 15) is 0 Å². The van der Waals surface area contributed by atoms with Crippen LogP contribution < -0.4 is 5.32 Å². The molecular formula is C7H11ClN4S. The molecule has 1 N–H and O–H groups in total. The normalized spacial score (nSPS) is 10.1. The summed E-state index contributed by atoms with van der Waals surface area (Å²) in [6, 6.07) is 0. The summed E-state index contributed by atoms with van der Waals surface area (Å²) in [6.07, 6.45) is 2.92. The quantitative estimate of drug-likeness (QED) is 0.785. The van der Waals surface area contributed by atoms with Crippen molar-refractivity contribution in [3.63, 3.8) is 0 Å². The maximum Gasteiger partial charge on any atom is 0.228 e. The fourth-order valence-electron chi connectivity index (χ4n) is 0.739. The lowest BCUT2D eigenvalue weighted by molar-refractivity contribution is 0.879. The van der Waals surface area contributed by atoms with Gasteiger partial charge in [0.2, 0.25) is 11.2 Å². The fourth-order valence-corrected chi connectivity index (χ4v) is 1.30. The molecule has 72 valence electrons. The van der Waals surface area contributed by atoms with E-state index < -0.39 is 0 Å². The fraction of sp³-hybridized carbons (Fsp3) is 0.571. The number of nitrogens with one attached hydrogen (secondary N) is 1. The Morgan fingerprint density at radius 1 is 1.38 bits per heavy atom. The lowest BCUT2D eigenvalue weighted by atomic mass is 10.5. The summed E-state index contributed by atoms with van der Waals surface area (Å²) in [5, 5.41) is 3.92. The topological polar surface area (TPSA) is 50.7 Å². The lowest BCUT2D eigenvalue weighted by Gasteiger charge is -2.03. The molecule has 0 atom stereocenters. The Labute approximate surface area is 86.5 Å². The van der Waals surface area contributed by atoms with Crippen molar-refractivity contribution in [1.29, 1.82) is 0 Å². The minimum atomic E-state index is 0.234. The molecule has 4 nitrogen and oxygen atoms in total. The van der Waals surface area contributed by atoms with Crippen LogP contribution in [0.1, 0.15) is 13.3 Å². The Kier molecular flexibility index (Phi) is 4.24. The summed E-state index contributed by atoms with van der Waals surface area (Å²) >= 11 is 7.14. The van der Waals surface area contributed by atoms with Gasteiger partial charge >= 0.3 is 0 Å². The van der Waals surface area contributed by atoms with Crippen molar-refractivity contribution in [2.75, 3.05) is 18.1 Å². The molecule has 1 rings (SSSR count). The Morgan fingerprint density at radius 3 is 2.77 bits per heavy atom. The predicted molar refractivity (Wildman–Crippen MR) is 55.4 cm³/mol. The predicted octanol–water partition coefficient (Wildman–Crippen LogP) is 2.07. The molecule has 0 saturated carbocycles. The van der Waals surface area contributed by atoms with Crippen molar-refractivity contribution >= 4 is 29.3 Å². The lowest BCUT2D eigenvalue weighted by Crippen LogP contribution is -2.05. The molecule has 1 aromatic heterocycles. The van der Waals surface area contributed by atoms with Gasteiger partial charge in [0.15, 0.2) is 5.16 Å². The van der Waals surface area contributed by atoms with Gasteiger partial charge in [-0.05, 0) is 24.3 Å². The van der Waals surface area contributed by atoms with Crippen LogP contribution in [-0.2, 0) is 0 Å². The van der Waals surface area contributed by atoms with E-state index in [0.717, 1.165) is 13.0 Å². The average Bonchev–Trinajstić information content (AvgIpc) is 2.14. The second-order valence-electron chi connectivity index (χ2n) is 2.34. The number of anilines is 1. The highest BCUT2D eigenvalue weighted by molar-refractivity contribution is 7.98. The van der Waals surface area contributed by atoms with Gasteiger partial charge < -0.3 is 5.32 Å². The van der Waals surface area contributed by atoms with Crippen molar-refractivity contribution < 1.29 is 0 Å². The zero-order valence-corrected chi connectivity index (χ0v) is 9.11. The van der Waals surface area contributed by atoms with Gasteiger partial charge in [-0.25, -0.2) is 0 Å². The van der Waals surface area contributed by atoms with Crippen molar-refractivity contribution in [2.45, 2.75) is 18.5 Å². The molecular weight excluding hydrogens is 208 g/mol. The van der Waals surface area contributed by atoms with Crippen LogP contribution in [0.25, 0.3) is 0 Å². The van der Waals surface area contributed by atoms with Gasteiger partial charge in [0.25, 0.3) is 0 Å². The number of halogens is 1. The first-order valence-electron chi connectivity index (χ1n) is 3.95. The molecule has 6 heteroatoms. The van der Waals surface area contributed by atoms with Crippen molar-refractivity contribution in [2.24, 2.45) is 0 Å². The molecule has 0 aliphatic rings. The highest BCUT2D eigenvalue weighted by Crippen LogP contribution is 2.13. The summed E-state index contributed by atoms with van der Waals surface area (Å²) in [7, 11) is 0. The average molecular weight is 219 g/mol. The molecule has 0 aliphatic heterocycles. The van der Waals surface area contributed by atoms with Gasteiger partial charge in [-0.1, -0.05) is 18.7 Å². The van der Waals surface area contributed by atoms with Gasteiger partial charge in [0.1, 0.15) is 0 Å². The monoisotopic (exact) mass is 218 g/mol. The molecule has 0 unspecified atom stereocenters. The number of hydrogen-bond acceptors (Lipinski definition) is 5. The van der Waals surface area contributed by atoms with E-state index in [1.807, 2.05) is 6.26 Å². The smallest absolute Gasteiger partial charge is 0.228 e. The third-order valence-corrected chi connectivity index (χ3v) is 2.02. The largest absolute Gasteiger partial charge is 0.354 e. The molecule has 0 fully saturated rings. The van der Waals surface area contributed by atoms with Crippen LogP contribution in [0.2, 0.25) is 5.28 Å². The highest BCUT2D eigenvalue weighted by atomic mass is 35.5. The Bertz CT molecular complexity index is 281. The van der Waals surface area contributed by atoms with E-state index in [-0.39, 0.29) is 5.28 Å². The van der Waals surface area contributed by atoms with E-state index in [2.05, 4.69) is 27.2 Å². The minimum absolute atomic E-state index is 0.234. The van der Waals surface area contributed by atoms with E-state index in [0.29, 0.717) is 11.1 Å².